The summed E-state index contributed by atoms with van der Waals surface area (Å²) in [6, 6.07) is 9.15. The Morgan fingerprint density at radius 1 is 0.886 bits per heavy atom. The number of esters is 1. The molecular weight excluding hydrogens is 460 g/mol. The van der Waals surface area contributed by atoms with Crippen LogP contribution in [0.4, 0.5) is 0 Å². The summed E-state index contributed by atoms with van der Waals surface area (Å²) in [6.45, 7) is 0. The van der Waals surface area contributed by atoms with Gasteiger partial charge in [-0.2, -0.15) is 0 Å². The smallest absolute Gasteiger partial charge is 0.312 e. The molecule has 4 aromatic rings. The van der Waals surface area contributed by atoms with E-state index in [1.54, 1.807) is 6.07 Å². The highest BCUT2D eigenvalue weighted by atomic mass is 16.5. The number of aromatic hydroxyl groups is 5. The lowest BCUT2D eigenvalue weighted by Crippen LogP contribution is -2.22. The summed E-state index contributed by atoms with van der Waals surface area (Å²) in [5, 5.41) is 50.3. The second kappa shape index (κ2) is 7.87. The van der Waals surface area contributed by atoms with Gasteiger partial charge in [-0.1, -0.05) is 6.07 Å². The molecule has 1 aromatic heterocycles. The number of carbonyl (C=O) groups is 1. The molecule has 3 aromatic carbocycles. The maximum absolute atomic E-state index is 13.1. The molecule has 0 fully saturated rings. The Balaban J connectivity index is 1.84. The van der Waals surface area contributed by atoms with Crippen molar-refractivity contribution in [1.82, 2.24) is 0 Å². The van der Waals surface area contributed by atoms with Crippen LogP contribution in [0.5, 0.6) is 40.2 Å². The van der Waals surface area contributed by atoms with Gasteiger partial charge in [-0.15, -0.1) is 0 Å². The van der Waals surface area contributed by atoms with Crippen molar-refractivity contribution in [1.29, 1.82) is 0 Å². The average Bonchev–Trinajstić information content (AvgIpc) is 2.82. The third kappa shape index (κ3) is 3.43. The van der Waals surface area contributed by atoms with Gasteiger partial charge in [-0.05, 0) is 35.9 Å². The van der Waals surface area contributed by atoms with Crippen LogP contribution in [0.1, 0.15) is 23.5 Å². The lowest BCUT2D eigenvalue weighted by molar-refractivity contribution is -0.135. The highest BCUT2D eigenvalue weighted by Gasteiger charge is 2.35. The van der Waals surface area contributed by atoms with Crippen molar-refractivity contribution in [2.45, 2.75) is 12.3 Å². The van der Waals surface area contributed by atoms with Crippen LogP contribution >= 0.6 is 0 Å². The highest BCUT2D eigenvalue weighted by Crippen LogP contribution is 2.48. The topological polar surface area (TPSA) is 167 Å². The Morgan fingerprint density at radius 3 is 2.34 bits per heavy atom. The summed E-state index contributed by atoms with van der Waals surface area (Å²) in [4.78, 5) is 25.5. The fourth-order valence-corrected chi connectivity index (χ4v) is 4.24. The number of benzene rings is 3. The van der Waals surface area contributed by atoms with E-state index in [0.29, 0.717) is 5.56 Å². The Morgan fingerprint density at radius 2 is 1.63 bits per heavy atom. The molecule has 0 saturated carbocycles. The molecule has 0 spiro atoms. The molecule has 1 atom stereocenters. The maximum Gasteiger partial charge on any atom is 0.312 e. The van der Waals surface area contributed by atoms with E-state index in [2.05, 4.69) is 0 Å². The number of hydrogen-bond acceptors (Lipinski definition) is 10. The van der Waals surface area contributed by atoms with Gasteiger partial charge in [-0.3, -0.25) is 9.59 Å². The standard InChI is InChI=1S/C25H18O10/c1-33-17-7-10(2-5-14(17)27)12-8-19(30)34-18-9-16(29)21-22(31)23(32)24(35-25(21)20(12)18)11-3-4-13(26)15(28)6-11/h2-7,9,12,26-29,32H,8H2,1H3/t12-/m0/s1. The van der Waals surface area contributed by atoms with E-state index in [0.717, 1.165) is 18.2 Å². The molecule has 0 aliphatic carbocycles. The first-order valence-corrected chi connectivity index (χ1v) is 10.3. The third-order valence-corrected chi connectivity index (χ3v) is 5.91. The van der Waals surface area contributed by atoms with Gasteiger partial charge in [0.15, 0.2) is 28.8 Å². The van der Waals surface area contributed by atoms with E-state index in [4.69, 9.17) is 13.9 Å². The molecule has 0 saturated heterocycles. The van der Waals surface area contributed by atoms with Gasteiger partial charge in [0, 0.05) is 23.1 Å². The quantitative estimate of drug-likeness (QED) is 0.167. The van der Waals surface area contributed by atoms with Crippen molar-refractivity contribution in [3.05, 3.63) is 63.8 Å². The molecule has 10 nitrogen and oxygen atoms in total. The normalized spacial score (nSPS) is 15.0. The number of phenolic OH excluding ortho intramolecular Hbond substituents is 4. The first kappa shape index (κ1) is 22.0. The van der Waals surface area contributed by atoms with E-state index in [1.807, 2.05) is 0 Å². The SMILES string of the molecule is COc1cc([C@@H]2CC(=O)Oc3cc(O)c4c(=O)c(O)c(-c5ccc(O)c(O)c5)oc4c32)ccc1O. The summed E-state index contributed by atoms with van der Waals surface area (Å²) in [5.74, 6) is -3.98. The van der Waals surface area contributed by atoms with Gasteiger partial charge >= 0.3 is 5.97 Å². The number of fused-ring (bicyclic) bond motifs is 3. The zero-order chi connectivity index (χ0) is 25.0. The molecule has 5 rings (SSSR count). The monoisotopic (exact) mass is 478 g/mol. The van der Waals surface area contributed by atoms with Gasteiger partial charge in [0.1, 0.15) is 22.5 Å². The van der Waals surface area contributed by atoms with Crippen LogP contribution in [0.2, 0.25) is 0 Å². The lowest BCUT2D eigenvalue weighted by Gasteiger charge is -2.26. The summed E-state index contributed by atoms with van der Waals surface area (Å²) in [5.41, 5.74) is -0.233. The number of rotatable bonds is 3. The molecule has 0 unspecified atom stereocenters. The molecule has 1 aliphatic heterocycles. The highest BCUT2D eigenvalue weighted by molar-refractivity contribution is 5.94. The van der Waals surface area contributed by atoms with Gasteiger partial charge in [0.05, 0.1) is 13.5 Å². The number of ether oxygens (including phenoxy) is 2. The van der Waals surface area contributed by atoms with Crippen LogP contribution < -0.4 is 14.9 Å². The molecule has 2 heterocycles. The predicted octanol–water partition coefficient (Wildman–Crippen LogP) is 3.44. The van der Waals surface area contributed by atoms with E-state index >= 15 is 0 Å². The molecule has 0 radical (unpaired) electrons. The number of carbonyl (C=O) groups excluding carboxylic acids is 1. The molecule has 35 heavy (non-hydrogen) atoms. The van der Waals surface area contributed by atoms with Crippen molar-refractivity contribution in [2.75, 3.05) is 7.11 Å². The summed E-state index contributed by atoms with van der Waals surface area (Å²) in [7, 11) is 1.37. The third-order valence-electron chi connectivity index (χ3n) is 5.91. The Hall–Kier alpha value is -4.86. The Labute approximate surface area is 196 Å². The minimum absolute atomic E-state index is 0.0448. The van der Waals surface area contributed by atoms with Crippen LogP contribution in [0, 0.1) is 0 Å². The maximum atomic E-state index is 13.1. The Kier molecular flexibility index (Phi) is 4.94. The van der Waals surface area contributed by atoms with Crippen LogP contribution in [0.15, 0.2) is 51.7 Å². The fraction of sp³-hybridized carbons (Fsp3) is 0.120. The number of methoxy groups -OCH3 is 1. The molecule has 10 heteroatoms. The molecule has 178 valence electrons. The molecule has 0 amide bonds. The fourth-order valence-electron chi connectivity index (χ4n) is 4.24. The second-order valence-electron chi connectivity index (χ2n) is 7.99. The number of phenols is 4. The first-order valence-electron chi connectivity index (χ1n) is 10.3. The zero-order valence-corrected chi connectivity index (χ0v) is 18.1. The summed E-state index contributed by atoms with van der Waals surface area (Å²) >= 11 is 0. The molecule has 0 bridgehead atoms. The molecule has 5 N–H and O–H groups in total. The van der Waals surface area contributed by atoms with Gasteiger partial charge in [0.25, 0.3) is 0 Å². The van der Waals surface area contributed by atoms with Crippen molar-refractivity contribution in [2.24, 2.45) is 0 Å². The minimum atomic E-state index is -0.951. The number of hydrogen-bond donors (Lipinski definition) is 5. The van der Waals surface area contributed by atoms with Crippen LogP contribution in [-0.2, 0) is 4.79 Å². The van der Waals surface area contributed by atoms with Crippen LogP contribution in [0.3, 0.4) is 0 Å². The summed E-state index contributed by atoms with van der Waals surface area (Å²) < 4.78 is 16.4. The van der Waals surface area contributed by atoms with Crippen molar-refractivity contribution in [3.8, 4) is 51.6 Å². The Bertz CT molecular complexity index is 1580. The van der Waals surface area contributed by atoms with Gasteiger partial charge in [-0.25, -0.2) is 0 Å². The molecular formula is C25H18O10. The van der Waals surface area contributed by atoms with E-state index in [9.17, 15) is 35.1 Å². The zero-order valence-electron chi connectivity index (χ0n) is 18.1. The van der Waals surface area contributed by atoms with Crippen molar-refractivity contribution < 1.29 is 44.2 Å². The van der Waals surface area contributed by atoms with Gasteiger partial charge < -0.3 is 39.4 Å². The average molecular weight is 478 g/mol. The predicted molar refractivity (Wildman–Crippen MR) is 121 cm³/mol. The van der Waals surface area contributed by atoms with E-state index in [-0.39, 0.29) is 51.5 Å². The lowest BCUT2D eigenvalue weighted by atomic mass is 9.85. The van der Waals surface area contributed by atoms with Crippen molar-refractivity contribution in [3.63, 3.8) is 0 Å². The van der Waals surface area contributed by atoms with E-state index < -0.39 is 40.3 Å². The minimum Gasteiger partial charge on any atom is -0.507 e. The van der Waals surface area contributed by atoms with E-state index in [1.165, 1.54) is 25.3 Å². The molecule has 1 aliphatic rings. The van der Waals surface area contributed by atoms with Crippen molar-refractivity contribution >= 4 is 16.9 Å². The van der Waals surface area contributed by atoms with Crippen LogP contribution in [0.25, 0.3) is 22.3 Å². The largest absolute Gasteiger partial charge is 0.507 e. The summed E-state index contributed by atoms with van der Waals surface area (Å²) in [6.07, 6.45) is -0.152. The van der Waals surface area contributed by atoms with Crippen LogP contribution in [-0.4, -0.2) is 38.6 Å². The van der Waals surface area contributed by atoms with Gasteiger partial charge in [0.2, 0.25) is 11.2 Å². The second-order valence-corrected chi connectivity index (χ2v) is 7.99. The first-order chi connectivity index (χ1) is 16.7.